The van der Waals surface area contributed by atoms with Crippen molar-refractivity contribution in [1.82, 2.24) is 20.8 Å². The number of allylic oxidation sites excluding steroid dienone is 3. The van der Waals surface area contributed by atoms with Crippen molar-refractivity contribution in [3.8, 4) is 12.1 Å². The molecule has 136 valence electrons. The third-order valence-corrected chi connectivity index (χ3v) is 5.62. The number of piperazine rings is 1. The molecule has 0 bridgehead atoms. The van der Waals surface area contributed by atoms with E-state index in [2.05, 4.69) is 43.9 Å². The van der Waals surface area contributed by atoms with Gasteiger partial charge >= 0.3 is 0 Å². The van der Waals surface area contributed by atoms with Gasteiger partial charge in [0.15, 0.2) is 5.82 Å². The van der Waals surface area contributed by atoms with E-state index in [9.17, 15) is 10.5 Å². The molecule has 1 fully saturated rings. The van der Waals surface area contributed by atoms with Gasteiger partial charge in [0.25, 0.3) is 0 Å². The number of aromatic nitrogens is 2. The molecule has 7 heteroatoms. The zero-order valence-corrected chi connectivity index (χ0v) is 15.4. The first-order valence-electron chi connectivity index (χ1n) is 9.02. The fourth-order valence-corrected chi connectivity index (χ4v) is 3.98. The molecule has 7 nitrogen and oxygen atoms in total. The fraction of sp³-hybridized carbons (Fsp3) is 0.350. The van der Waals surface area contributed by atoms with E-state index in [0.717, 1.165) is 54.2 Å². The zero-order valence-electron chi connectivity index (χ0n) is 15.4. The second kappa shape index (κ2) is 6.46. The number of rotatable bonds is 2. The molecule has 0 amide bonds. The summed E-state index contributed by atoms with van der Waals surface area (Å²) in [5.41, 5.74) is 2.94. The zero-order chi connectivity index (χ0) is 19.0. The Kier molecular flexibility index (Phi) is 4.10. The Bertz CT molecular complexity index is 1040. The highest BCUT2D eigenvalue weighted by atomic mass is 15.3. The summed E-state index contributed by atoms with van der Waals surface area (Å²) in [5.74, 6) is 0.924. The fourth-order valence-electron chi connectivity index (χ4n) is 3.98. The topological polar surface area (TPSA) is 104 Å². The number of fused-ring (bicyclic) bond motifs is 1. The quantitative estimate of drug-likeness (QED) is 0.758. The number of nitrogens with zero attached hydrogens (tertiary/aromatic N) is 4. The van der Waals surface area contributed by atoms with Gasteiger partial charge in [-0.15, -0.1) is 0 Å². The van der Waals surface area contributed by atoms with Gasteiger partial charge in [0, 0.05) is 43.5 Å². The van der Waals surface area contributed by atoms with E-state index < -0.39 is 5.41 Å². The molecule has 4 rings (SSSR count). The molecule has 0 aliphatic carbocycles. The lowest BCUT2D eigenvalue weighted by molar-refractivity contribution is 0.585. The van der Waals surface area contributed by atoms with E-state index in [1.54, 1.807) is 6.20 Å². The molecule has 3 heterocycles. The maximum atomic E-state index is 9.79. The number of nitriles is 2. The lowest BCUT2D eigenvalue weighted by Gasteiger charge is -2.34. The van der Waals surface area contributed by atoms with Gasteiger partial charge < -0.3 is 15.5 Å². The maximum Gasteiger partial charge on any atom is 0.158 e. The number of H-pyrrole nitrogens is 1. The van der Waals surface area contributed by atoms with Gasteiger partial charge in [-0.3, -0.25) is 5.10 Å². The normalized spacial score (nSPS) is 22.8. The number of anilines is 1. The van der Waals surface area contributed by atoms with E-state index >= 15 is 0 Å². The van der Waals surface area contributed by atoms with Crippen LogP contribution in [0.15, 0.2) is 41.2 Å². The second-order valence-electron chi connectivity index (χ2n) is 7.10. The Labute approximate surface area is 158 Å². The van der Waals surface area contributed by atoms with Gasteiger partial charge in [-0.1, -0.05) is 6.07 Å². The van der Waals surface area contributed by atoms with Crippen molar-refractivity contribution in [1.29, 1.82) is 10.5 Å². The summed E-state index contributed by atoms with van der Waals surface area (Å²) in [7, 11) is 0. The maximum absolute atomic E-state index is 9.79. The molecular formula is C20H21N7. The molecule has 1 aromatic heterocycles. The molecular weight excluding hydrogens is 338 g/mol. The van der Waals surface area contributed by atoms with E-state index in [4.69, 9.17) is 0 Å². The van der Waals surface area contributed by atoms with E-state index in [-0.39, 0.29) is 0 Å². The van der Waals surface area contributed by atoms with E-state index in [1.807, 2.05) is 26.0 Å². The minimum atomic E-state index is -0.787. The standard InChI is InChI=1S/C20H21N7/c1-13-17(11-22)20(2,15(10-21)12-24-13)14-3-4-18-16(9-14)19(26-25-18)27-7-5-23-6-8-27/h3-4,9,12,23-24H,5-8H2,1-2H3,(H,25,26). The van der Waals surface area contributed by atoms with Gasteiger partial charge in [0.1, 0.15) is 0 Å². The summed E-state index contributed by atoms with van der Waals surface area (Å²) >= 11 is 0. The molecule has 1 atom stereocenters. The van der Waals surface area contributed by atoms with Gasteiger partial charge in [-0.05, 0) is 31.5 Å². The lowest BCUT2D eigenvalue weighted by atomic mass is 9.69. The van der Waals surface area contributed by atoms with Gasteiger partial charge in [-0.25, -0.2) is 0 Å². The third-order valence-electron chi connectivity index (χ3n) is 5.62. The Balaban J connectivity index is 1.88. The van der Waals surface area contributed by atoms with Crippen molar-refractivity contribution in [2.24, 2.45) is 0 Å². The van der Waals surface area contributed by atoms with Crippen LogP contribution in [0.3, 0.4) is 0 Å². The summed E-state index contributed by atoms with van der Waals surface area (Å²) in [6, 6.07) is 10.6. The first-order chi connectivity index (χ1) is 13.1. The second-order valence-corrected chi connectivity index (χ2v) is 7.10. The van der Waals surface area contributed by atoms with Crippen molar-refractivity contribution >= 4 is 16.7 Å². The smallest absolute Gasteiger partial charge is 0.158 e. The first-order valence-corrected chi connectivity index (χ1v) is 9.02. The van der Waals surface area contributed by atoms with Crippen molar-refractivity contribution < 1.29 is 0 Å². The summed E-state index contributed by atoms with van der Waals surface area (Å²) in [6.07, 6.45) is 1.70. The number of nitrogens with one attached hydrogen (secondary N) is 3. The molecule has 1 aromatic carbocycles. The SMILES string of the molecule is CC1=C(C#N)C(C)(c2ccc3[nH]nc(N4CCNCC4)c3c2)C(C#N)=CN1. The number of benzene rings is 1. The Morgan fingerprint density at radius 3 is 2.67 bits per heavy atom. The largest absolute Gasteiger partial charge is 0.363 e. The first kappa shape index (κ1) is 17.1. The highest BCUT2D eigenvalue weighted by molar-refractivity contribution is 5.91. The third kappa shape index (κ3) is 2.56. The highest BCUT2D eigenvalue weighted by Gasteiger charge is 2.40. The average molecular weight is 359 g/mol. The van der Waals surface area contributed by atoms with Crippen molar-refractivity contribution in [2.75, 3.05) is 31.1 Å². The van der Waals surface area contributed by atoms with Crippen LogP contribution in [-0.2, 0) is 5.41 Å². The van der Waals surface area contributed by atoms with Crippen molar-refractivity contribution in [3.05, 3.63) is 46.8 Å². The van der Waals surface area contributed by atoms with E-state index in [1.165, 1.54) is 0 Å². The van der Waals surface area contributed by atoms with Crippen LogP contribution >= 0.6 is 0 Å². The molecule has 0 radical (unpaired) electrons. The Hall–Kier alpha value is -3.29. The van der Waals surface area contributed by atoms with Crippen molar-refractivity contribution in [3.63, 3.8) is 0 Å². The number of hydrogen-bond donors (Lipinski definition) is 3. The molecule has 3 N–H and O–H groups in total. The van der Waals surface area contributed by atoms with Crippen LogP contribution < -0.4 is 15.5 Å². The summed E-state index contributed by atoms with van der Waals surface area (Å²) < 4.78 is 0. The van der Waals surface area contributed by atoms with Crippen LogP contribution in [0.1, 0.15) is 19.4 Å². The number of hydrogen-bond acceptors (Lipinski definition) is 6. The molecule has 2 aliphatic heterocycles. The minimum Gasteiger partial charge on any atom is -0.363 e. The van der Waals surface area contributed by atoms with Crippen molar-refractivity contribution in [2.45, 2.75) is 19.3 Å². The Morgan fingerprint density at radius 1 is 1.19 bits per heavy atom. The van der Waals surface area contributed by atoms with Crippen LogP contribution in [-0.4, -0.2) is 36.4 Å². The lowest BCUT2D eigenvalue weighted by Crippen LogP contribution is -2.43. The molecule has 2 aliphatic rings. The Morgan fingerprint density at radius 2 is 1.96 bits per heavy atom. The highest BCUT2D eigenvalue weighted by Crippen LogP contribution is 2.43. The van der Waals surface area contributed by atoms with Gasteiger partial charge in [0.2, 0.25) is 0 Å². The number of aromatic amines is 1. The molecule has 1 unspecified atom stereocenters. The molecule has 27 heavy (non-hydrogen) atoms. The predicted octanol–water partition coefficient (Wildman–Crippen LogP) is 2.04. The molecule has 0 spiro atoms. The summed E-state index contributed by atoms with van der Waals surface area (Å²) in [5, 5.41) is 34.5. The van der Waals surface area contributed by atoms with Crippen LogP contribution in [0.25, 0.3) is 10.9 Å². The minimum absolute atomic E-state index is 0.524. The molecule has 1 saturated heterocycles. The van der Waals surface area contributed by atoms with Gasteiger partial charge in [-0.2, -0.15) is 15.6 Å². The summed E-state index contributed by atoms with van der Waals surface area (Å²) in [6.45, 7) is 7.47. The van der Waals surface area contributed by atoms with Gasteiger partial charge in [0.05, 0.1) is 34.2 Å². The van der Waals surface area contributed by atoms with Crippen LogP contribution in [0.2, 0.25) is 0 Å². The van der Waals surface area contributed by atoms with Crippen LogP contribution in [0.5, 0.6) is 0 Å². The average Bonchev–Trinajstić information content (AvgIpc) is 3.12. The summed E-state index contributed by atoms with van der Waals surface area (Å²) in [4.78, 5) is 2.26. The monoisotopic (exact) mass is 359 g/mol. The van der Waals surface area contributed by atoms with E-state index in [0.29, 0.717) is 11.1 Å². The molecule has 2 aromatic rings. The number of dihydropyridines is 1. The van der Waals surface area contributed by atoms with Crippen LogP contribution in [0, 0.1) is 22.7 Å². The predicted molar refractivity (Wildman–Crippen MR) is 104 cm³/mol. The molecule has 0 saturated carbocycles. The van der Waals surface area contributed by atoms with Crippen LogP contribution in [0.4, 0.5) is 5.82 Å².